The van der Waals surface area contributed by atoms with Crippen LogP contribution in [0.5, 0.6) is 5.75 Å². The van der Waals surface area contributed by atoms with Crippen LogP contribution in [0.2, 0.25) is 0 Å². The first-order valence-corrected chi connectivity index (χ1v) is 12.0. The molecule has 3 aromatic rings. The molecule has 1 aliphatic heterocycles. The maximum absolute atomic E-state index is 12.6. The number of fused-ring (bicyclic) bond motifs is 1. The van der Waals surface area contributed by atoms with E-state index in [9.17, 15) is 4.79 Å². The van der Waals surface area contributed by atoms with Crippen LogP contribution in [0.4, 0.5) is 17.1 Å². The summed E-state index contributed by atoms with van der Waals surface area (Å²) < 4.78 is 5.45. The lowest BCUT2D eigenvalue weighted by Crippen LogP contribution is -2.16. The number of ether oxygens (including phenoxy) is 1. The molecule has 6 heteroatoms. The number of aryl methyl sites for hydroxylation is 2. The third-order valence-corrected chi connectivity index (χ3v) is 6.31. The quantitative estimate of drug-likeness (QED) is 0.452. The molecule has 33 heavy (non-hydrogen) atoms. The minimum absolute atomic E-state index is 0.0744. The number of anilines is 1. The number of carbonyl (C=O) groups is 1. The van der Waals surface area contributed by atoms with Crippen LogP contribution in [0, 0.1) is 13.8 Å². The van der Waals surface area contributed by atoms with Gasteiger partial charge in [0, 0.05) is 12.1 Å². The molecular formula is C27H27N3O2S. The van der Waals surface area contributed by atoms with Gasteiger partial charge >= 0.3 is 0 Å². The lowest BCUT2D eigenvalue weighted by molar-refractivity contribution is -0.113. The molecule has 1 N–H and O–H groups in total. The summed E-state index contributed by atoms with van der Waals surface area (Å²) in [5.41, 5.74) is 6.84. The number of benzene rings is 3. The second kappa shape index (κ2) is 10.5. The van der Waals surface area contributed by atoms with E-state index in [2.05, 4.69) is 43.4 Å². The number of aliphatic imine (C=N–C) groups is 2. The minimum atomic E-state index is -0.0744. The Bertz CT molecular complexity index is 1200. The maximum atomic E-state index is 12.6. The number of amides is 1. The zero-order chi connectivity index (χ0) is 23.2. The molecular weight excluding hydrogens is 430 g/mol. The van der Waals surface area contributed by atoms with Gasteiger partial charge in [-0.05, 0) is 73.9 Å². The number of rotatable bonds is 6. The zero-order valence-electron chi connectivity index (χ0n) is 19.1. The fraction of sp³-hybridized carbons (Fsp3) is 0.222. The summed E-state index contributed by atoms with van der Waals surface area (Å²) in [4.78, 5) is 22.5. The number of thioether (sulfide) groups is 1. The van der Waals surface area contributed by atoms with Gasteiger partial charge in [-0.3, -0.25) is 9.79 Å². The summed E-state index contributed by atoms with van der Waals surface area (Å²) in [6.07, 6.45) is 0.581. The Kier molecular flexibility index (Phi) is 7.25. The third kappa shape index (κ3) is 5.90. The molecule has 0 radical (unpaired) electrons. The van der Waals surface area contributed by atoms with Gasteiger partial charge < -0.3 is 10.1 Å². The smallest absolute Gasteiger partial charge is 0.234 e. The molecule has 1 heterocycles. The average molecular weight is 458 g/mol. The molecule has 0 unspecified atom stereocenters. The third-order valence-electron chi connectivity index (χ3n) is 5.34. The predicted molar refractivity (Wildman–Crippen MR) is 139 cm³/mol. The zero-order valence-corrected chi connectivity index (χ0v) is 19.9. The highest BCUT2D eigenvalue weighted by Gasteiger charge is 2.17. The first-order valence-electron chi connectivity index (χ1n) is 11.0. The van der Waals surface area contributed by atoms with Crippen LogP contribution in [0.3, 0.4) is 0 Å². The standard InChI is InChI=1S/C27H27N3O2S/c1-4-32-22-12-10-21(11-13-22)28-26(31)17-33-27-16-23(20-8-6-5-7-9-20)29-24-14-18(2)19(3)15-25(24)30-27/h5-15H,4,16-17H2,1-3H3,(H,28,31). The first-order chi connectivity index (χ1) is 16.0. The van der Waals surface area contributed by atoms with Crippen LogP contribution in [0.15, 0.2) is 76.7 Å². The molecule has 0 saturated carbocycles. The minimum Gasteiger partial charge on any atom is -0.494 e. The normalized spacial score (nSPS) is 12.8. The summed E-state index contributed by atoms with van der Waals surface area (Å²) in [7, 11) is 0. The van der Waals surface area contributed by atoms with Gasteiger partial charge in [0.1, 0.15) is 5.75 Å². The number of nitrogens with zero attached hydrogens (tertiary/aromatic N) is 2. The van der Waals surface area contributed by atoms with Gasteiger partial charge in [-0.2, -0.15) is 0 Å². The summed E-state index contributed by atoms with van der Waals surface area (Å²) in [5, 5.41) is 3.82. The van der Waals surface area contributed by atoms with Crippen molar-refractivity contribution in [2.75, 3.05) is 17.7 Å². The Balaban J connectivity index is 1.51. The Labute approximate surface area is 199 Å². The fourth-order valence-corrected chi connectivity index (χ4v) is 4.27. The topological polar surface area (TPSA) is 63.0 Å². The highest BCUT2D eigenvalue weighted by molar-refractivity contribution is 8.14. The van der Waals surface area contributed by atoms with Crippen molar-refractivity contribution in [1.82, 2.24) is 0 Å². The fourth-order valence-electron chi connectivity index (χ4n) is 3.49. The van der Waals surface area contributed by atoms with E-state index in [1.54, 1.807) is 0 Å². The van der Waals surface area contributed by atoms with E-state index in [1.807, 2.05) is 49.4 Å². The molecule has 0 bridgehead atoms. The van der Waals surface area contributed by atoms with Gasteiger partial charge in [-0.25, -0.2) is 4.99 Å². The van der Waals surface area contributed by atoms with Crippen LogP contribution < -0.4 is 10.1 Å². The largest absolute Gasteiger partial charge is 0.494 e. The Hall–Kier alpha value is -3.38. The van der Waals surface area contributed by atoms with Crippen LogP contribution >= 0.6 is 11.8 Å². The predicted octanol–water partition coefficient (Wildman–Crippen LogP) is 6.63. The van der Waals surface area contributed by atoms with Crippen LogP contribution in [-0.4, -0.2) is 29.0 Å². The summed E-state index contributed by atoms with van der Waals surface area (Å²) >= 11 is 1.45. The molecule has 1 aliphatic rings. The van der Waals surface area contributed by atoms with Crippen molar-refractivity contribution in [1.29, 1.82) is 0 Å². The van der Waals surface area contributed by atoms with Crippen LogP contribution in [0.1, 0.15) is 30.0 Å². The van der Waals surface area contributed by atoms with Crippen molar-refractivity contribution >= 4 is 45.5 Å². The second-order valence-corrected chi connectivity index (χ2v) is 8.87. The van der Waals surface area contributed by atoms with E-state index < -0.39 is 0 Å². The molecule has 0 aliphatic carbocycles. The van der Waals surface area contributed by atoms with E-state index in [0.717, 1.165) is 39.1 Å². The van der Waals surface area contributed by atoms with Crippen molar-refractivity contribution in [2.24, 2.45) is 9.98 Å². The van der Waals surface area contributed by atoms with E-state index in [1.165, 1.54) is 22.9 Å². The van der Waals surface area contributed by atoms with E-state index >= 15 is 0 Å². The van der Waals surface area contributed by atoms with Crippen LogP contribution in [0.25, 0.3) is 0 Å². The highest BCUT2D eigenvalue weighted by Crippen LogP contribution is 2.36. The van der Waals surface area contributed by atoms with Crippen molar-refractivity contribution in [3.05, 3.63) is 83.4 Å². The summed E-state index contributed by atoms with van der Waals surface area (Å²) in [6.45, 7) is 6.72. The molecule has 0 spiro atoms. The molecule has 3 aromatic carbocycles. The molecule has 4 rings (SSSR count). The number of nitrogens with one attached hydrogen (secondary N) is 1. The SMILES string of the molecule is CCOc1ccc(NC(=O)CSC2=Nc3cc(C)c(C)cc3N=C(c3ccccc3)C2)cc1. The number of hydrogen-bond donors (Lipinski definition) is 1. The summed E-state index contributed by atoms with van der Waals surface area (Å²) in [5.74, 6) is 0.984. The molecule has 5 nitrogen and oxygen atoms in total. The van der Waals surface area contributed by atoms with Gasteiger partial charge in [0.05, 0.1) is 34.5 Å². The molecule has 0 aromatic heterocycles. The van der Waals surface area contributed by atoms with Crippen molar-refractivity contribution in [3.8, 4) is 5.75 Å². The monoisotopic (exact) mass is 457 g/mol. The van der Waals surface area contributed by atoms with Gasteiger partial charge in [-0.1, -0.05) is 30.3 Å². The Morgan fingerprint density at radius 2 is 1.64 bits per heavy atom. The second-order valence-electron chi connectivity index (χ2n) is 7.83. The summed E-state index contributed by atoms with van der Waals surface area (Å²) in [6, 6.07) is 21.7. The average Bonchev–Trinajstić information content (AvgIpc) is 2.99. The van der Waals surface area contributed by atoms with Gasteiger partial charge in [0.2, 0.25) is 5.91 Å². The van der Waals surface area contributed by atoms with Crippen LogP contribution in [-0.2, 0) is 4.79 Å². The van der Waals surface area contributed by atoms with E-state index in [-0.39, 0.29) is 11.7 Å². The molecule has 0 fully saturated rings. The van der Waals surface area contributed by atoms with E-state index in [4.69, 9.17) is 14.7 Å². The lowest BCUT2D eigenvalue weighted by atomic mass is 10.1. The molecule has 0 saturated heterocycles. The van der Waals surface area contributed by atoms with Gasteiger partial charge in [-0.15, -0.1) is 11.8 Å². The van der Waals surface area contributed by atoms with Crippen molar-refractivity contribution in [3.63, 3.8) is 0 Å². The molecule has 0 atom stereocenters. The van der Waals surface area contributed by atoms with Gasteiger partial charge in [0.25, 0.3) is 0 Å². The number of carbonyl (C=O) groups excluding carboxylic acids is 1. The van der Waals surface area contributed by atoms with Gasteiger partial charge in [0.15, 0.2) is 0 Å². The molecule has 168 valence electrons. The van der Waals surface area contributed by atoms with E-state index in [0.29, 0.717) is 13.0 Å². The first kappa shape index (κ1) is 22.8. The van der Waals surface area contributed by atoms with Crippen molar-refractivity contribution < 1.29 is 9.53 Å². The Morgan fingerprint density at radius 3 is 2.30 bits per heavy atom. The Morgan fingerprint density at radius 1 is 0.970 bits per heavy atom. The number of hydrogen-bond acceptors (Lipinski definition) is 5. The lowest BCUT2D eigenvalue weighted by Gasteiger charge is -2.09. The van der Waals surface area contributed by atoms with Crippen molar-refractivity contribution in [2.45, 2.75) is 27.2 Å². The highest BCUT2D eigenvalue weighted by atomic mass is 32.2. The maximum Gasteiger partial charge on any atom is 0.234 e. The molecule has 1 amide bonds.